The monoisotopic (exact) mass is 200 g/mol. The van der Waals surface area contributed by atoms with E-state index in [0.717, 1.165) is 5.57 Å². The number of allylic oxidation sites excluding steroid dienone is 1. The van der Waals surface area contributed by atoms with Crippen molar-refractivity contribution in [2.24, 2.45) is 5.92 Å². The molecule has 0 N–H and O–H groups in total. The summed E-state index contributed by atoms with van der Waals surface area (Å²) in [6, 6.07) is 0. The van der Waals surface area contributed by atoms with Crippen LogP contribution >= 0.6 is 11.8 Å². The fourth-order valence-corrected chi connectivity index (χ4v) is 3.30. The molecule has 0 amide bonds. The van der Waals surface area contributed by atoms with Crippen LogP contribution in [0, 0.1) is 5.92 Å². The number of carbonyl (C=O) groups is 1. The van der Waals surface area contributed by atoms with Gasteiger partial charge in [-0.1, -0.05) is 0 Å². The third kappa shape index (κ3) is 1.75. The van der Waals surface area contributed by atoms with Crippen molar-refractivity contribution < 1.29 is 9.53 Å². The smallest absolute Gasteiger partial charge is 0.314 e. The fraction of sp³-hybridized carbons (Fsp3) is 0.700. The van der Waals surface area contributed by atoms with Gasteiger partial charge in [0.15, 0.2) is 0 Å². The molecule has 0 aliphatic carbocycles. The minimum atomic E-state index is -0.119. The van der Waals surface area contributed by atoms with Gasteiger partial charge in [0.2, 0.25) is 0 Å². The molecule has 0 saturated heterocycles. The normalized spacial score (nSPS) is 26.4. The van der Waals surface area contributed by atoms with Crippen molar-refractivity contribution in [3.8, 4) is 0 Å². The molecule has 13 heavy (non-hydrogen) atoms. The second-order valence-corrected chi connectivity index (χ2v) is 5.77. The van der Waals surface area contributed by atoms with E-state index in [1.165, 1.54) is 12.0 Å². The number of ether oxygens (including phenoxy) is 1. The van der Waals surface area contributed by atoms with Crippen LogP contribution in [-0.2, 0) is 9.53 Å². The van der Waals surface area contributed by atoms with Gasteiger partial charge in [-0.3, -0.25) is 4.79 Å². The first-order chi connectivity index (χ1) is 5.90. The topological polar surface area (TPSA) is 26.3 Å². The molecule has 1 unspecified atom stereocenters. The third-order valence-corrected chi connectivity index (χ3v) is 3.93. The number of carbonyl (C=O) groups excluding carboxylic acids is 1. The number of hydrogen-bond acceptors (Lipinski definition) is 3. The Morgan fingerprint density at radius 3 is 2.31 bits per heavy atom. The summed E-state index contributed by atoms with van der Waals surface area (Å²) in [7, 11) is 1.45. The van der Waals surface area contributed by atoms with Gasteiger partial charge in [-0.05, 0) is 38.2 Å². The Hall–Kier alpha value is -0.440. The lowest BCUT2D eigenvalue weighted by Gasteiger charge is -2.25. The summed E-state index contributed by atoms with van der Waals surface area (Å²) in [5.41, 5.74) is 1.15. The maximum absolute atomic E-state index is 11.5. The summed E-state index contributed by atoms with van der Waals surface area (Å²) in [4.78, 5) is 12.8. The average molecular weight is 200 g/mol. The summed E-state index contributed by atoms with van der Waals surface area (Å²) in [6.45, 7) is 8.24. The second kappa shape index (κ2) is 3.37. The Kier molecular flexibility index (Phi) is 2.76. The predicted octanol–water partition coefficient (Wildman–Crippen LogP) is 2.59. The van der Waals surface area contributed by atoms with Gasteiger partial charge in [-0.15, -0.1) is 11.8 Å². The quantitative estimate of drug-likeness (QED) is 0.609. The fourth-order valence-electron chi connectivity index (χ4n) is 1.84. The van der Waals surface area contributed by atoms with Crippen molar-refractivity contribution in [3.05, 3.63) is 10.5 Å². The lowest BCUT2D eigenvalue weighted by molar-refractivity contribution is -0.144. The number of hydrogen-bond donors (Lipinski definition) is 0. The predicted molar refractivity (Wildman–Crippen MR) is 55.6 cm³/mol. The highest BCUT2D eigenvalue weighted by atomic mass is 32.2. The largest absolute Gasteiger partial charge is 0.469 e. The van der Waals surface area contributed by atoms with Crippen molar-refractivity contribution in [1.82, 2.24) is 0 Å². The van der Waals surface area contributed by atoms with Gasteiger partial charge in [0.05, 0.1) is 13.0 Å². The Morgan fingerprint density at radius 1 is 1.46 bits per heavy atom. The molecule has 1 atom stereocenters. The van der Waals surface area contributed by atoms with Crippen LogP contribution in [0.25, 0.3) is 0 Å². The standard InChI is InChI=1S/C10H16O2S/c1-6-7(2)13-10(3,4)8(6)9(11)12-5/h8H,1-5H3. The van der Waals surface area contributed by atoms with Gasteiger partial charge in [0, 0.05) is 4.75 Å². The molecule has 1 heterocycles. The molecular formula is C10H16O2S. The molecule has 74 valence electrons. The molecule has 0 fully saturated rings. The summed E-state index contributed by atoms with van der Waals surface area (Å²) >= 11 is 1.76. The van der Waals surface area contributed by atoms with Gasteiger partial charge in [0.1, 0.15) is 0 Å². The van der Waals surface area contributed by atoms with E-state index >= 15 is 0 Å². The number of methoxy groups -OCH3 is 1. The van der Waals surface area contributed by atoms with Crippen molar-refractivity contribution in [2.45, 2.75) is 32.4 Å². The minimum Gasteiger partial charge on any atom is -0.469 e. The Morgan fingerprint density at radius 2 is 2.00 bits per heavy atom. The first-order valence-electron chi connectivity index (χ1n) is 4.34. The van der Waals surface area contributed by atoms with Gasteiger partial charge in [-0.25, -0.2) is 0 Å². The molecule has 0 aromatic carbocycles. The molecule has 0 radical (unpaired) electrons. The molecule has 0 bridgehead atoms. The lowest BCUT2D eigenvalue weighted by Crippen LogP contribution is -2.32. The first-order valence-corrected chi connectivity index (χ1v) is 5.16. The Balaban J connectivity index is 2.99. The van der Waals surface area contributed by atoms with Crippen LogP contribution in [0.5, 0.6) is 0 Å². The van der Waals surface area contributed by atoms with E-state index in [0.29, 0.717) is 0 Å². The van der Waals surface area contributed by atoms with E-state index in [4.69, 9.17) is 4.74 Å². The zero-order valence-electron chi connectivity index (χ0n) is 8.80. The molecule has 3 heteroatoms. The highest BCUT2D eigenvalue weighted by molar-refractivity contribution is 8.04. The molecular weight excluding hydrogens is 184 g/mol. The Labute approximate surface area is 83.7 Å². The van der Waals surface area contributed by atoms with E-state index in [1.54, 1.807) is 11.8 Å². The molecule has 1 aliphatic heterocycles. The SMILES string of the molecule is COC(=O)C1C(C)=C(C)SC1(C)C. The summed E-state index contributed by atoms with van der Waals surface area (Å²) in [5, 5.41) is 0. The molecule has 0 aromatic heterocycles. The first kappa shape index (κ1) is 10.6. The zero-order valence-corrected chi connectivity index (χ0v) is 9.62. The number of esters is 1. The van der Waals surface area contributed by atoms with Crippen LogP contribution in [0.15, 0.2) is 10.5 Å². The van der Waals surface area contributed by atoms with Crippen molar-refractivity contribution >= 4 is 17.7 Å². The van der Waals surface area contributed by atoms with Crippen molar-refractivity contribution in [3.63, 3.8) is 0 Å². The van der Waals surface area contributed by atoms with Crippen LogP contribution in [-0.4, -0.2) is 17.8 Å². The van der Waals surface area contributed by atoms with Gasteiger partial charge < -0.3 is 4.74 Å². The maximum Gasteiger partial charge on any atom is 0.314 e. The highest BCUT2D eigenvalue weighted by Crippen LogP contribution is 2.49. The van der Waals surface area contributed by atoms with E-state index in [2.05, 4.69) is 20.8 Å². The van der Waals surface area contributed by atoms with Crippen molar-refractivity contribution in [2.75, 3.05) is 7.11 Å². The summed E-state index contributed by atoms with van der Waals surface area (Å²) in [5.74, 6) is -0.200. The van der Waals surface area contributed by atoms with Crippen LogP contribution in [0.3, 0.4) is 0 Å². The van der Waals surface area contributed by atoms with E-state index in [9.17, 15) is 4.79 Å². The van der Waals surface area contributed by atoms with Gasteiger partial charge in [0.25, 0.3) is 0 Å². The number of thioether (sulfide) groups is 1. The zero-order chi connectivity index (χ0) is 10.2. The van der Waals surface area contributed by atoms with Crippen LogP contribution < -0.4 is 0 Å². The van der Waals surface area contributed by atoms with Crippen LogP contribution in [0.1, 0.15) is 27.7 Å². The second-order valence-electron chi connectivity index (χ2n) is 3.90. The number of rotatable bonds is 1. The minimum absolute atomic E-state index is 0.0543. The molecule has 0 saturated carbocycles. The van der Waals surface area contributed by atoms with Gasteiger partial charge >= 0.3 is 5.97 Å². The van der Waals surface area contributed by atoms with E-state index < -0.39 is 0 Å². The molecule has 1 rings (SSSR count). The summed E-state index contributed by atoms with van der Waals surface area (Å²) < 4.78 is 4.75. The lowest BCUT2D eigenvalue weighted by atomic mass is 9.88. The molecule has 1 aliphatic rings. The van der Waals surface area contributed by atoms with E-state index in [1.807, 2.05) is 6.92 Å². The van der Waals surface area contributed by atoms with E-state index in [-0.39, 0.29) is 16.6 Å². The van der Waals surface area contributed by atoms with Crippen LogP contribution in [0.4, 0.5) is 0 Å². The van der Waals surface area contributed by atoms with Gasteiger partial charge in [-0.2, -0.15) is 0 Å². The molecule has 2 nitrogen and oxygen atoms in total. The maximum atomic E-state index is 11.5. The van der Waals surface area contributed by atoms with Crippen molar-refractivity contribution in [1.29, 1.82) is 0 Å². The Bertz CT molecular complexity index is 266. The van der Waals surface area contributed by atoms with Crippen LogP contribution in [0.2, 0.25) is 0 Å². The highest BCUT2D eigenvalue weighted by Gasteiger charge is 2.43. The molecule has 0 spiro atoms. The average Bonchev–Trinajstić information content (AvgIpc) is 2.21. The molecule has 0 aromatic rings. The third-order valence-electron chi connectivity index (χ3n) is 2.54. The summed E-state index contributed by atoms with van der Waals surface area (Å²) in [6.07, 6.45) is 0.